The number of allylic oxidation sites excluding steroid dienone is 1. The van der Waals surface area contributed by atoms with Crippen molar-refractivity contribution in [2.75, 3.05) is 33.5 Å². The number of amides is 1. The van der Waals surface area contributed by atoms with Gasteiger partial charge in [-0.05, 0) is 105 Å². The summed E-state index contributed by atoms with van der Waals surface area (Å²) in [5, 5.41) is 24.4. The highest BCUT2D eigenvalue weighted by molar-refractivity contribution is 6.03. The number of benzene rings is 2. The lowest BCUT2D eigenvalue weighted by molar-refractivity contribution is -0.256. The molecule has 6 rings (SSSR count). The van der Waals surface area contributed by atoms with Crippen LogP contribution in [0.1, 0.15) is 80.3 Å². The quantitative estimate of drug-likeness (QED) is 0.0705. The molecule has 2 aromatic carbocycles. The lowest BCUT2D eigenvalue weighted by Gasteiger charge is -2.59. The molecule has 6 unspecified atom stereocenters. The number of oxime groups is 1. The highest BCUT2D eigenvalue weighted by atomic mass is 19.1. The van der Waals surface area contributed by atoms with Crippen LogP contribution in [0.3, 0.4) is 0 Å². The number of unbranched alkanes of at least 4 members (excludes halogenated alkanes) is 2. The van der Waals surface area contributed by atoms with Crippen LogP contribution in [-0.2, 0) is 27.5 Å². The van der Waals surface area contributed by atoms with E-state index in [0.29, 0.717) is 42.2 Å². The summed E-state index contributed by atoms with van der Waals surface area (Å²) in [7, 11) is 1.34. The third kappa shape index (κ3) is 9.35. The van der Waals surface area contributed by atoms with Gasteiger partial charge < -0.3 is 34.0 Å². The Bertz CT molecular complexity index is 1890. The molecule has 0 spiro atoms. The van der Waals surface area contributed by atoms with Crippen molar-refractivity contribution in [2.24, 2.45) is 22.9 Å². The minimum atomic E-state index is -1.46. The lowest BCUT2D eigenvalue weighted by Crippen LogP contribution is -2.70. The van der Waals surface area contributed by atoms with Gasteiger partial charge in [0.15, 0.2) is 0 Å². The fourth-order valence-electron chi connectivity index (χ4n) is 8.92. The molecule has 0 bridgehead atoms. The number of halogens is 1. The Hall–Kier alpha value is -4.78. The minimum absolute atomic E-state index is 0.0443. The molecule has 0 radical (unpaired) electrons. The Balaban J connectivity index is 1.56. The highest BCUT2D eigenvalue weighted by Gasteiger charge is 2.65. The van der Waals surface area contributed by atoms with Crippen molar-refractivity contribution in [3.05, 3.63) is 113 Å². The largest absolute Gasteiger partial charge is 0.487 e. The number of carbonyl (C=O) groups is 1. The summed E-state index contributed by atoms with van der Waals surface area (Å²) in [6, 6.07) is 16.9. The number of methoxy groups -OCH3 is 1. The molecule has 2 aliphatic carbocycles. The number of aliphatic hydroxyl groups is 2. The van der Waals surface area contributed by atoms with Gasteiger partial charge in [0.1, 0.15) is 36.6 Å². The smallest absolute Gasteiger partial charge is 0.410 e. The zero-order valence-electron chi connectivity index (χ0n) is 33.3. The van der Waals surface area contributed by atoms with E-state index in [2.05, 4.69) is 23.7 Å². The summed E-state index contributed by atoms with van der Waals surface area (Å²) in [4.78, 5) is 26.0. The third-order valence-electron chi connectivity index (χ3n) is 11.3. The molecule has 1 fully saturated rings. The van der Waals surface area contributed by atoms with Gasteiger partial charge in [0.05, 0.1) is 31.0 Å². The molecule has 306 valence electrons. The summed E-state index contributed by atoms with van der Waals surface area (Å²) in [5.74, 6) is -1.18. The van der Waals surface area contributed by atoms with Crippen molar-refractivity contribution in [2.45, 2.75) is 89.7 Å². The predicted molar refractivity (Wildman–Crippen MR) is 214 cm³/mol. The Kier molecular flexibility index (Phi) is 14.4. The zero-order chi connectivity index (χ0) is 40.4. The monoisotopic (exact) mass is 785 g/mol. The van der Waals surface area contributed by atoms with E-state index in [9.17, 15) is 19.4 Å². The molecule has 1 saturated carbocycles. The van der Waals surface area contributed by atoms with Crippen molar-refractivity contribution in [1.82, 2.24) is 9.88 Å². The number of aromatic nitrogens is 1. The van der Waals surface area contributed by atoms with Gasteiger partial charge >= 0.3 is 6.09 Å². The number of rotatable bonds is 19. The number of aliphatic hydroxyl groups excluding tert-OH is 2. The van der Waals surface area contributed by atoms with Gasteiger partial charge in [-0.2, -0.15) is 0 Å². The van der Waals surface area contributed by atoms with Crippen molar-refractivity contribution in [3.8, 4) is 11.5 Å². The molecular formula is C45H56FN3O8. The van der Waals surface area contributed by atoms with E-state index in [4.69, 9.17) is 28.9 Å². The third-order valence-corrected chi connectivity index (χ3v) is 11.3. The molecule has 0 saturated heterocycles. The van der Waals surface area contributed by atoms with Gasteiger partial charge in [0.25, 0.3) is 0 Å². The molecule has 3 aliphatic rings. The Morgan fingerprint density at radius 3 is 2.56 bits per heavy atom. The van der Waals surface area contributed by atoms with Gasteiger partial charge in [-0.15, -0.1) is 6.58 Å². The maximum absolute atomic E-state index is 14.1. The fourth-order valence-corrected chi connectivity index (χ4v) is 8.92. The number of fused-ring (bicyclic) bond motifs is 2. The summed E-state index contributed by atoms with van der Waals surface area (Å²) >= 11 is 0. The van der Waals surface area contributed by atoms with E-state index in [1.807, 2.05) is 44.2 Å². The summed E-state index contributed by atoms with van der Waals surface area (Å²) in [5.41, 5.74) is 4.95. The van der Waals surface area contributed by atoms with Crippen LogP contribution in [0.4, 0.5) is 9.18 Å². The van der Waals surface area contributed by atoms with Crippen LogP contribution in [-0.4, -0.2) is 77.3 Å². The second-order valence-corrected chi connectivity index (χ2v) is 15.0. The molecule has 11 nitrogen and oxygen atoms in total. The summed E-state index contributed by atoms with van der Waals surface area (Å²) < 4.78 is 40.1. The van der Waals surface area contributed by atoms with Gasteiger partial charge in [-0.3, -0.25) is 9.88 Å². The Morgan fingerprint density at radius 2 is 1.86 bits per heavy atom. The van der Waals surface area contributed by atoms with Gasteiger partial charge in [0, 0.05) is 43.4 Å². The molecule has 2 N–H and O–H groups in total. The van der Waals surface area contributed by atoms with Gasteiger partial charge in [0.2, 0.25) is 5.79 Å². The first-order valence-corrected chi connectivity index (χ1v) is 20.1. The fraction of sp³-hybridized carbons (Fsp3) is 0.489. The number of nitrogens with zero attached hydrogens (tertiary/aromatic N) is 3. The van der Waals surface area contributed by atoms with E-state index in [1.165, 1.54) is 19.2 Å². The summed E-state index contributed by atoms with van der Waals surface area (Å²) in [6.45, 7) is 8.80. The average molecular weight is 786 g/mol. The molecule has 2 heterocycles. The zero-order valence-corrected chi connectivity index (χ0v) is 33.3. The number of pyridine rings is 1. The molecule has 1 amide bonds. The lowest BCUT2D eigenvalue weighted by atomic mass is 9.55. The highest BCUT2D eigenvalue weighted by Crippen LogP contribution is 2.62. The molecule has 1 aliphatic heterocycles. The first kappa shape index (κ1) is 41.8. The van der Waals surface area contributed by atoms with Crippen LogP contribution >= 0.6 is 0 Å². The topological polar surface area (TPSA) is 132 Å². The molecule has 3 aromatic rings. The molecule has 57 heavy (non-hydrogen) atoms. The van der Waals surface area contributed by atoms with Crippen molar-refractivity contribution in [3.63, 3.8) is 0 Å². The van der Waals surface area contributed by atoms with Crippen molar-refractivity contribution < 1.29 is 43.2 Å². The van der Waals surface area contributed by atoms with Crippen molar-refractivity contribution in [1.29, 1.82) is 0 Å². The number of aryl methyl sites for hydroxylation is 1. The van der Waals surface area contributed by atoms with Crippen LogP contribution in [0.5, 0.6) is 11.5 Å². The standard InChI is InChI=1S/C45H56FN3O8/c1-5-24-55-45-41(49(44(52)53-4)28-31-16-18-33(46)19-17-31)27-39(48-56-6-2)37-25-32(13-7-9-22-50)36(15-8-10-23-51)42(43(37)45)38-26-35(20-21-40(38)57-45)54-29-34-14-11-12-30(3)47-34/h5,11-12,14,16-21,25-26,32,36,41-43,50-51H,1,6-10,13,15,22-24,27-29H2,2-4H3. The number of hydrogen-bond donors (Lipinski definition) is 2. The van der Waals surface area contributed by atoms with Crippen LogP contribution in [0.25, 0.3) is 0 Å². The van der Waals surface area contributed by atoms with Crippen LogP contribution in [0.2, 0.25) is 0 Å². The van der Waals surface area contributed by atoms with E-state index in [1.54, 1.807) is 23.1 Å². The second-order valence-electron chi connectivity index (χ2n) is 15.0. The minimum Gasteiger partial charge on any atom is -0.487 e. The number of carbonyl (C=O) groups excluding carboxylic acids is 1. The molecule has 12 heteroatoms. The molecule has 6 atom stereocenters. The SMILES string of the molecule is C=CCOC12Oc3ccc(OCc4cccc(C)n4)cc3C3C(CCCCO)C(CCCCO)C=C(C(=NOCC)CC1N(Cc1ccc(F)cc1)C(=O)OC)C32. The first-order chi connectivity index (χ1) is 27.8. The van der Waals surface area contributed by atoms with E-state index < -0.39 is 23.8 Å². The van der Waals surface area contributed by atoms with E-state index in [-0.39, 0.29) is 63.0 Å². The average Bonchev–Trinajstić information content (AvgIpc) is 3.22. The Morgan fingerprint density at radius 1 is 1.09 bits per heavy atom. The second kappa shape index (κ2) is 19.6. The number of ether oxygens (including phenoxy) is 4. The van der Waals surface area contributed by atoms with E-state index in [0.717, 1.165) is 48.2 Å². The van der Waals surface area contributed by atoms with Gasteiger partial charge in [-0.1, -0.05) is 48.3 Å². The normalized spacial score (nSPS) is 24.1. The summed E-state index contributed by atoms with van der Waals surface area (Å²) in [6.07, 6.45) is 8.12. The molecule has 1 aromatic heterocycles. The van der Waals surface area contributed by atoms with Crippen LogP contribution in [0, 0.1) is 30.5 Å². The van der Waals surface area contributed by atoms with Crippen molar-refractivity contribution >= 4 is 11.8 Å². The predicted octanol–water partition coefficient (Wildman–Crippen LogP) is 8.03. The van der Waals surface area contributed by atoms with Crippen LogP contribution < -0.4 is 9.47 Å². The number of hydrogen-bond acceptors (Lipinski definition) is 10. The van der Waals surface area contributed by atoms with Crippen LogP contribution in [0.15, 0.2) is 90.1 Å². The maximum Gasteiger partial charge on any atom is 0.410 e. The molecular weight excluding hydrogens is 730 g/mol. The Labute approximate surface area is 335 Å². The van der Waals surface area contributed by atoms with E-state index >= 15 is 0 Å². The van der Waals surface area contributed by atoms with Gasteiger partial charge in [-0.25, -0.2) is 9.18 Å². The maximum atomic E-state index is 14.1. The first-order valence-electron chi connectivity index (χ1n) is 20.1.